The number of nitrogens with zero attached hydrogens (tertiary/aromatic N) is 1. The average Bonchev–Trinajstić information content (AvgIpc) is 2.46. The fraction of sp³-hybridized carbons (Fsp3) is 0.312. The monoisotopic (exact) mass is 256 g/mol. The topological polar surface area (TPSA) is 34.1 Å². The zero-order chi connectivity index (χ0) is 13.5. The van der Waals surface area contributed by atoms with Crippen LogP contribution in [0.4, 0.5) is 5.82 Å². The first-order chi connectivity index (χ1) is 9.33. The minimum Gasteiger partial charge on any atom is -0.494 e. The van der Waals surface area contributed by atoms with Crippen LogP contribution in [0.5, 0.6) is 5.75 Å². The van der Waals surface area contributed by atoms with E-state index in [1.807, 2.05) is 43.3 Å². The van der Waals surface area contributed by atoms with Crippen LogP contribution in [0.25, 0.3) is 11.3 Å². The molecule has 0 unspecified atom stereocenters. The number of pyridine rings is 1. The maximum absolute atomic E-state index is 5.52. The molecule has 100 valence electrons. The molecule has 0 saturated carbocycles. The summed E-state index contributed by atoms with van der Waals surface area (Å²) in [5.74, 6) is 1.80. The van der Waals surface area contributed by atoms with Gasteiger partial charge >= 0.3 is 0 Å². The Labute approximate surface area is 114 Å². The summed E-state index contributed by atoms with van der Waals surface area (Å²) in [7, 11) is 0. The highest BCUT2D eigenvalue weighted by atomic mass is 16.5. The molecular weight excluding hydrogens is 236 g/mol. The third kappa shape index (κ3) is 3.71. The number of anilines is 1. The van der Waals surface area contributed by atoms with Crippen molar-refractivity contribution in [1.29, 1.82) is 0 Å². The number of ether oxygens (including phenoxy) is 1. The number of hydrogen-bond acceptors (Lipinski definition) is 3. The Morgan fingerprint density at radius 3 is 2.74 bits per heavy atom. The molecule has 19 heavy (non-hydrogen) atoms. The lowest BCUT2D eigenvalue weighted by molar-refractivity contribution is 0.340. The summed E-state index contributed by atoms with van der Waals surface area (Å²) in [6.07, 6.45) is 1.09. The van der Waals surface area contributed by atoms with Gasteiger partial charge < -0.3 is 10.1 Å². The second kappa shape index (κ2) is 6.78. The predicted octanol–water partition coefficient (Wildman–Crippen LogP) is 3.97. The molecule has 1 aromatic carbocycles. The molecule has 0 atom stereocenters. The molecular formula is C16H20N2O. The summed E-state index contributed by atoms with van der Waals surface area (Å²) in [5, 5.41) is 3.30. The lowest BCUT2D eigenvalue weighted by Crippen LogP contribution is -2.02. The fourth-order valence-corrected chi connectivity index (χ4v) is 1.86. The molecule has 2 rings (SSSR count). The van der Waals surface area contributed by atoms with Crippen LogP contribution in [0.3, 0.4) is 0 Å². The van der Waals surface area contributed by atoms with Crippen molar-refractivity contribution in [2.75, 3.05) is 18.5 Å². The van der Waals surface area contributed by atoms with E-state index in [4.69, 9.17) is 4.74 Å². The third-order valence-electron chi connectivity index (χ3n) is 2.75. The Morgan fingerprint density at radius 1 is 1.11 bits per heavy atom. The van der Waals surface area contributed by atoms with E-state index in [1.54, 1.807) is 0 Å². The van der Waals surface area contributed by atoms with Crippen molar-refractivity contribution in [3.8, 4) is 17.0 Å². The van der Waals surface area contributed by atoms with Crippen molar-refractivity contribution in [2.24, 2.45) is 0 Å². The largest absolute Gasteiger partial charge is 0.494 e. The standard InChI is InChI=1S/C16H20N2O/c1-3-11-17-16-10-6-9-15(18-16)13-7-5-8-14(12-13)19-4-2/h5-10,12H,3-4,11H2,1-2H3,(H,17,18). The van der Waals surface area contributed by atoms with Crippen LogP contribution >= 0.6 is 0 Å². The molecule has 0 saturated heterocycles. The van der Waals surface area contributed by atoms with Crippen molar-refractivity contribution < 1.29 is 4.74 Å². The molecule has 3 nitrogen and oxygen atoms in total. The highest BCUT2D eigenvalue weighted by molar-refractivity contribution is 5.63. The van der Waals surface area contributed by atoms with Gasteiger partial charge in [-0.2, -0.15) is 0 Å². The zero-order valence-corrected chi connectivity index (χ0v) is 11.5. The summed E-state index contributed by atoms with van der Waals surface area (Å²) < 4.78 is 5.52. The lowest BCUT2D eigenvalue weighted by Gasteiger charge is -2.08. The zero-order valence-electron chi connectivity index (χ0n) is 11.5. The van der Waals surface area contributed by atoms with Gasteiger partial charge in [-0.25, -0.2) is 4.98 Å². The quantitative estimate of drug-likeness (QED) is 0.849. The first-order valence-corrected chi connectivity index (χ1v) is 6.77. The smallest absolute Gasteiger partial charge is 0.126 e. The van der Waals surface area contributed by atoms with Gasteiger partial charge in [-0.3, -0.25) is 0 Å². The van der Waals surface area contributed by atoms with Crippen molar-refractivity contribution in [3.05, 3.63) is 42.5 Å². The molecule has 0 aliphatic carbocycles. The molecule has 0 aliphatic rings. The van der Waals surface area contributed by atoms with E-state index < -0.39 is 0 Å². The van der Waals surface area contributed by atoms with Crippen molar-refractivity contribution >= 4 is 5.82 Å². The van der Waals surface area contributed by atoms with E-state index in [0.717, 1.165) is 35.8 Å². The molecule has 0 radical (unpaired) electrons. The van der Waals surface area contributed by atoms with Crippen LogP contribution in [0, 0.1) is 0 Å². The molecule has 0 spiro atoms. The van der Waals surface area contributed by atoms with Crippen LogP contribution in [0.15, 0.2) is 42.5 Å². The second-order valence-electron chi connectivity index (χ2n) is 4.30. The van der Waals surface area contributed by atoms with E-state index in [0.29, 0.717) is 6.61 Å². The fourth-order valence-electron chi connectivity index (χ4n) is 1.86. The lowest BCUT2D eigenvalue weighted by atomic mass is 10.1. The Morgan fingerprint density at radius 2 is 1.95 bits per heavy atom. The van der Waals surface area contributed by atoms with Gasteiger partial charge in [0.1, 0.15) is 11.6 Å². The van der Waals surface area contributed by atoms with Gasteiger partial charge in [-0.05, 0) is 37.6 Å². The van der Waals surface area contributed by atoms with Crippen molar-refractivity contribution in [3.63, 3.8) is 0 Å². The van der Waals surface area contributed by atoms with Gasteiger partial charge in [-0.15, -0.1) is 0 Å². The number of rotatable bonds is 6. The number of benzene rings is 1. The number of nitrogens with one attached hydrogen (secondary N) is 1. The van der Waals surface area contributed by atoms with Gasteiger partial charge in [0.25, 0.3) is 0 Å². The number of hydrogen-bond donors (Lipinski definition) is 1. The predicted molar refractivity (Wildman–Crippen MR) is 79.6 cm³/mol. The molecule has 3 heteroatoms. The SMILES string of the molecule is CCCNc1cccc(-c2cccc(OCC)c2)n1. The van der Waals surface area contributed by atoms with E-state index >= 15 is 0 Å². The maximum atomic E-state index is 5.52. The summed E-state index contributed by atoms with van der Waals surface area (Å²) in [6, 6.07) is 14.1. The molecule has 0 amide bonds. The van der Waals surface area contributed by atoms with Gasteiger partial charge in [0.2, 0.25) is 0 Å². The Bertz CT molecular complexity index is 526. The summed E-state index contributed by atoms with van der Waals surface area (Å²) in [5.41, 5.74) is 2.04. The maximum Gasteiger partial charge on any atom is 0.126 e. The minimum absolute atomic E-state index is 0.676. The first-order valence-electron chi connectivity index (χ1n) is 6.77. The third-order valence-corrected chi connectivity index (χ3v) is 2.75. The molecule has 0 fully saturated rings. The Balaban J connectivity index is 2.23. The molecule has 1 heterocycles. The highest BCUT2D eigenvalue weighted by Gasteiger charge is 2.02. The Hall–Kier alpha value is -2.03. The molecule has 2 aromatic rings. The van der Waals surface area contributed by atoms with E-state index in [2.05, 4.69) is 23.3 Å². The Kier molecular flexibility index (Phi) is 4.78. The summed E-state index contributed by atoms with van der Waals surface area (Å²) in [6.45, 7) is 5.74. The van der Waals surface area contributed by atoms with Gasteiger partial charge in [0, 0.05) is 12.1 Å². The number of aromatic nitrogens is 1. The van der Waals surface area contributed by atoms with Crippen molar-refractivity contribution in [2.45, 2.75) is 20.3 Å². The van der Waals surface area contributed by atoms with Gasteiger partial charge in [0.15, 0.2) is 0 Å². The van der Waals surface area contributed by atoms with Crippen LogP contribution in [-0.4, -0.2) is 18.1 Å². The summed E-state index contributed by atoms with van der Waals surface area (Å²) >= 11 is 0. The van der Waals surface area contributed by atoms with Crippen molar-refractivity contribution in [1.82, 2.24) is 4.98 Å². The minimum atomic E-state index is 0.676. The average molecular weight is 256 g/mol. The second-order valence-corrected chi connectivity index (χ2v) is 4.30. The van der Waals surface area contributed by atoms with Gasteiger partial charge in [0.05, 0.1) is 12.3 Å². The normalized spacial score (nSPS) is 10.2. The van der Waals surface area contributed by atoms with Crippen LogP contribution < -0.4 is 10.1 Å². The first kappa shape index (κ1) is 13.4. The highest BCUT2D eigenvalue weighted by Crippen LogP contribution is 2.23. The molecule has 0 aliphatic heterocycles. The van der Waals surface area contributed by atoms with E-state index in [-0.39, 0.29) is 0 Å². The van der Waals surface area contributed by atoms with Gasteiger partial charge in [-0.1, -0.05) is 25.1 Å². The molecule has 1 N–H and O–H groups in total. The van der Waals surface area contributed by atoms with Crippen LogP contribution in [-0.2, 0) is 0 Å². The molecule has 1 aromatic heterocycles. The van der Waals surface area contributed by atoms with E-state index in [9.17, 15) is 0 Å². The van der Waals surface area contributed by atoms with E-state index in [1.165, 1.54) is 0 Å². The van der Waals surface area contributed by atoms with Crippen LogP contribution in [0.1, 0.15) is 20.3 Å². The molecule has 0 bridgehead atoms. The summed E-state index contributed by atoms with van der Waals surface area (Å²) in [4.78, 5) is 4.62. The van der Waals surface area contributed by atoms with Crippen LogP contribution in [0.2, 0.25) is 0 Å².